The zero-order valence-electron chi connectivity index (χ0n) is 22.4. The minimum absolute atomic E-state index is 0.522. The van der Waals surface area contributed by atoms with Gasteiger partial charge in [0.1, 0.15) is 0 Å². The van der Waals surface area contributed by atoms with Crippen molar-refractivity contribution in [2.24, 2.45) is 0 Å². The largest absolute Gasteiger partial charge is 0.494 e. The highest BCUT2D eigenvalue weighted by Gasteiger charge is 2.36. The lowest BCUT2D eigenvalue weighted by Crippen LogP contribution is -2.32. The molecule has 3 heterocycles. The van der Waals surface area contributed by atoms with Crippen LogP contribution in [0.3, 0.4) is 0 Å². The molecule has 1 N–H and O–H groups in total. The van der Waals surface area contributed by atoms with Gasteiger partial charge in [0.15, 0.2) is 11.9 Å². The zero-order chi connectivity index (χ0) is 27.4. The molecule has 0 amide bonds. The maximum Gasteiger partial charge on any atom is 0.337 e. The van der Waals surface area contributed by atoms with E-state index >= 15 is 0 Å². The highest BCUT2D eigenvalue weighted by atomic mass is 35.5. The maximum atomic E-state index is 12.8. The molecule has 38 heavy (non-hydrogen) atoms. The number of rotatable bonds is 6. The summed E-state index contributed by atoms with van der Waals surface area (Å²) in [6.45, 7) is 11.0. The second-order valence-electron chi connectivity index (χ2n) is 10.5. The van der Waals surface area contributed by atoms with E-state index in [4.69, 9.17) is 21.1 Å². The van der Waals surface area contributed by atoms with E-state index in [-0.39, 0.29) is 0 Å². The topological polar surface area (TPSA) is 89.7 Å². The SMILES string of the molecule is COc1cnc(N2CCn3c(C)cc4c(-c5ccc(Cl)cc5)c([C@H](OC(C)(C)C)C(=O)O)c(C)c2c43)nc1. The van der Waals surface area contributed by atoms with E-state index in [9.17, 15) is 9.90 Å². The van der Waals surface area contributed by atoms with Crippen LogP contribution in [0.5, 0.6) is 5.75 Å². The van der Waals surface area contributed by atoms with Crippen LogP contribution in [0, 0.1) is 13.8 Å². The molecule has 2 aromatic heterocycles. The molecule has 1 aliphatic heterocycles. The van der Waals surface area contributed by atoms with Crippen LogP contribution in [0.4, 0.5) is 11.6 Å². The van der Waals surface area contributed by atoms with Gasteiger partial charge < -0.3 is 24.0 Å². The predicted molar refractivity (Wildman–Crippen MR) is 149 cm³/mol. The Morgan fingerprint density at radius 1 is 1.11 bits per heavy atom. The smallest absolute Gasteiger partial charge is 0.337 e. The first kappa shape index (κ1) is 26.0. The third-order valence-electron chi connectivity index (χ3n) is 6.83. The lowest BCUT2D eigenvalue weighted by Gasteiger charge is -2.34. The molecule has 4 aromatic rings. The van der Waals surface area contributed by atoms with Crippen LogP contribution in [0.1, 0.15) is 43.7 Å². The number of halogens is 1. The summed E-state index contributed by atoms with van der Waals surface area (Å²) in [7, 11) is 1.58. The number of aromatic nitrogens is 3. The Hall–Kier alpha value is -3.62. The Bertz CT molecular complexity index is 1520. The van der Waals surface area contributed by atoms with Crippen LogP contribution < -0.4 is 9.64 Å². The number of aryl methyl sites for hydroxylation is 1. The van der Waals surface area contributed by atoms with Crippen LogP contribution in [-0.2, 0) is 16.1 Å². The van der Waals surface area contributed by atoms with Crippen molar-refractivity contribution in [1.82, 2.24) is 14.5 Å². The second-order valence-corrected chi connectivity index (χ2v) is 10.9. The number of methoxy groups -OCH3 is 1. The summed E-state index contributed by atoms with van der Waals surface area (Å²) in [6, 6.07) is 9.63. The summed E-state index contributed by atoms with van der Waals surface area (Å²) in [4.78, 5) is 24.0. The van der Waals surface area contributed by atoms with Gasteiger partial charge in [-0.2, -0.15) is 0 Å². The van der Waals surface area contributed by atoms with Gasteiger partial charge in [0.2, 0.25) is 5.95 Å². The van der Waals surface area contributed by atoms with E-state index in [2.05, 4.69) is 32.4 Å². The van der Waals surface area contributed by atoms with E-state index in [1.165, 1.54) is 0 Å². The molecule has 1 aliphatic rings. The van der Waals surface area contributed by atoms with Gasteiger partial charge >= 0.3 is 5.97 Å². The number of aliphatic carboxylic acids is 1. The fraction of sp³-hybridized carbons (Fsp3) is 0.345. The number of hydrogen-bond acceptors (Lipinski definition) is 6. The van der Waals surface area contributed by atoms with Gasteiger partial charge in [0, 0.05) is 34.8 Å². The number of carboxylic acids is 1. The number of anilines is 2. The van der Waals surface area contributed by atoms with Crippen molar-refractivity contribution in [2.45, 2.75) is 52.9 Å². The average Bonchev–Trinajstić information content (AvgIpc) is 3.21. The van der Waals surface area contributed by atoms with Crippen LogP contribution >= 0.6 is 11.6 Å². The lowest BCUT2D eigenvalue weighted by atomic mass is 9.87. The van der Waals surface area contributed by atoms with Crippen molar-refractivity contribution in [3.05, 3.63) is 64.6 Å². The van der Waals surface area contributed by atoms with E-state index in [1.54, 1.807) is 19.5 Å². The molecule has 9 heteroatoms. The first-order chi connectivity index (χ1) is 18.0. The third kappa shape index (κ3) is 4.48. The van der Waals surface area contributed by atoms with Crippen molar-refractivity contribution in [2.75, 3.05) is 18.6 Å². The number of nitrogens with zero attached hydrogens (tertiary/aromatic N) is 4. The van der Waals surface area contributed by atoms with Crippen LogP contribution in [-0.4, -0.2) is 44.9 Å². The van der Waals surface area contributed by atoms with Gasteiger partial charge in [-0.25, -0.2) is 14.8 Å². The standard InChI is InChI=1S/C29H31ClN4O4/c1-16-13-21-23(18-7-9-19(30)10-8-18)22(26(27(35)36)38-29(3,4)5)17(2)24-25(21)33(16)11-12-34(24)28-31-14-20(37-6)15-32-28/h7-10,13-15,26H,11-12H2,1-6H3,(H,35,36)/t26-/m0/s1. The maximum absolute atomic E-state index is 12.8. The molecule has 0 spiro atoms. The molecule has 0 saturated heterocycles. The molecule has 198 valence electrons. The minimum Gasteiger partial charge on any atom is -0.494 e. The molecule has 2 aromatic carbocycles. The van der Waals surface area contributed by atoms with Crippen molar-refractivity contribution >= 4 is 40.1 Å². The van der Waals surface area contributed by atoms with Gasteiger partial charge in [-0.15, -0.1) is 0 Å². The van der Waals surface area contributed by atoms with E-state index in [1.807, 2.05) is 52.0 Å². The lowest BCUT2D eigenvalue weighted by molar-refractivity contribution is -0.160. The summed E-state index contributed by atoms with van der Waals surface area (Å²) in [5.41, 5.74) is 5.39. The molecule has 0 aliphatic carbocycles. The predicted octanol–water partition coefficient (Wildman–Crippen LogP) is 6.47. The molecule has 0 unspecified atom stereocenters. The Morgan fingerprint density at radius 2 is 1.76 bits per heavy atom. The van der Waals surface area contributed by atoms with Gasteiger partial charge in [0.05, 0.1) is 36.3 Å². The summed E-state index contributed by atoms with van der Waals surface area (Å²) >= 11 is 6.23. The Labute approximate surface area is 226 Å². The highest BCUT2D eigenvalue weighted by molar-refractivity contribution is 6.30. The van der Waals surface area contributed by atoms with Crippen LogP contribution in [0.25, 0.3) is 22.0 Å². The van der Waals surface area contributed by atoms with Gasteiger partial charge in [-0.05, 0) is 69.5 Å². The summed E-state index contributed by atoms with van der Waals surface area (Å²) < 4.78 is 13.8. The van der Waals surface area contributed by atoms with Gasteiger partial charge in [0.25, 0.3) is 0 Å². The summed E-state index contributed by atoms with van der Waals surface area (Å²) in [5, 5.41) is 12.0. The van der Waals surface area contributed by atoms with Crippen LogP contribution in [0.2, 0.25) is 5.02 Å². The van der Waals surface area contributed by atoms with Crippen molar-refractivity contribution < 1.29 is 19.4 Å². The van der Waals surface area contributed by atoms with Gasteiger partial charge in [-0.3, -0.25) is 0 Å². The molecular weight excluding hydrogens is 504 g/mol. The fourth-order valence-corrected chi connectivity index (χ4v) is 5.41. The first-order valence-corrected chi connectivity index (χ1v) is 12.8. The summed E-state index contributed by atoms with van der Waals surface area (Å²) in [5.74, 6) is 0.0354. The molecule has 0 saturated carbocycles. The van der Waals surface area contributed by atoms with Crippen molar-refractivity contribution in [1.29, 1.82) is 0 Å². The molecule has 1 atom stereocenters. The Kier molecular flexibility index (Phi) is 6.57. The molecule has 5 rings (SSSR count). The zero-order valence-corrected chi connectivity index (χ0v) is 23.1. The number of benzene rings is 2. The monoisotopic (exact) mass is 534 g/mol. The fourth-order valence-electron chi connectivity index (χ4n) is 5.29. The highest BCUT2D eigenvalue weighted by Crippen LogP contribution is 2.49. The van der Waals surface area contributed by atoms with Gasteiger partial charge in [-0.1, -0.05) is 23.7 Å². The second kappa shape index (κ2) is 9.60. The van der Waals surface area contributed by atoms with E-state index < -0.39 is 17.7 Å². The Balaban J connectivity index is 1.88. The number of carboxylic acid groups (broad SMARTS) is 1. The van der Waals surface area contributed by atoms with E-state index in [0.717, 1.165) is 45.5 Å². The number of ether oxygens (including phenoxy) is 2. The van der Waals surface area contributed by atoms with Crippen LogP contribution in [0.15, 0.2) is 42.7 Å². The van der Waals surface area contributed by atoms with Crippen molar-refractivity contribution in [3.63, 3.8) is 0 Å². The molecule has 0 bridgehead atoms. The minimum atomic E-state index is -1.20. The molecular formula is C29H31ClN4O4. The average molecular weight is 535 g/mol. The number of carbonyl (C=O) groups is 1. The summed E-state index contributed by atoms with van der Waals surface area (Å²) in [6.07, 6.45) is 2.07. The van der Waals surface area contributed by atoms with E-state index in [0.29, 0.717) is 28.8 Å². The quantitative estimate of drug-likeness (QED) is 0.303. The Morgan fingerprint density at radius 3 is 2.34 bits per heavy atom. The normalized spacial score (nSPS) is 14.1. The number of hydrogen-bond donors (Lipinski definition) is 1. The third-order valence-corrected chi connectivity index (χ3v) is 7.08. The molecule has 0 radical (unpaired) electrons. The first-order valence-electron chi connectivity index (χ1n) is 12.5. The molecule has 8 nitrogen and oxygen atoms in total. The van der Waals surface area contributed by atoms with Crippen molar-refractivity contribution in [3.8, 4) is 16.9 Å². The molecule has 0 fully saturated rings.